The maximum Gasteiger partial charge on any atom is 0.309 e. The molecule has 0 saturated carbocycles. The van der Waals surface area contributed by atoms with Gasteiger partial charge in [-0.05, 0) is 54.8 Å². The van der Waals surface area contributed by atoms with E-state index in [0.717, 1.165) is 0 Å². The highest BCUT2D eigenvalue weighted by Gasteiger charge is 2.20. The monoisotopic (exact) mass is 423 g/mol. The van der Waals surface area contributed by atoms with Crippen LogP contribution in [0, 0.1) is 11.7 Å². The molecule has 0 fully saturated rings. The number of rotatable bonds is 9. The van der Waals surface area contributed by atoms with Crippen molar-refractivity contribution < 1.29 is 26.5 Å². The Morgan fingerprint density at radius 2 is 1.76 bits per heavy atom. The first-order valence-electron chi connectivity index (χ1n) is 9.29. The number of amides is 1. The molecule has 0 atom stereocenters. The van der Waals surface area contributed by atoms with Gasteiger partial charge in [-0.25, -0.2) is 4.39 Å². The van der Waals surface area contributed by atoms with Gasteiger partial charge in [0.1, 0.15) is 5.82 Å². The van der Waals surface area contributed by atoms with Crippen molar-refractivity contribution in [2.45, 2.75) is 27.3 Å². The van der Waals surface area contributed by atoms with Gasteiger partial charge >= 0.3 is 10.1 Å². The lowest BCUT2D eigenvalue weighted by Crippen LogP contribution is -2.33. The van der Waals surface area contributed by atoms with E-state index in [9.17, 15) is 17.6 Å². The fourth-order valence-electron chi connectivity index (χ4n) is 2.74. The summed E-state index contributed by atoms with van der Waals surface area (Å²) in [6.45, 7) is 6.17. The van der Waals surface area contributed by atoms with Gasteiger partial charge in [-0.15, -0.1) is 0 Å². The van der Waals surface area contributed by atoms with E-state index < -0.39 is 15.9 Å². The average molecular weight is 424 g/mol. The molecule has 158 valence electrons. The van der Waals surface area contributed by atoms with Crippen molar-refractivity contribution in [3.63, 3.8) is 0 Å². The van der Waals surface area contributed by atoms with Gasteiger partial charge in [0, 0.05) is 18.7 Å². The molecule has 0 bridgehead atoms. The molecule has 0 aliphatic heterocycles. The zero-order valence-electron chi connectivity index (χ0n) is 17.0. The van der Waals surface area contributed by atoms with Gasteiger partial charge in [0.15, 0.2) is 11.5 Å². The van der Waals surface area contributed by atoms with E-state index >= 15 is 0 Å². The van der Waals surface area contributed by atoms with Gasteiger partial charge in [-0.1, -0.05) is 19.9 Å². The number of carbonyl (C=O) groups excluding carboxylic acids is 1. The van der Waals surface area contributed by atoms with Gasteiger partial charge in [0.25, 0.3) is 5.91 Å². The van der Waals surface area contributed by atoms with Crippen LogP contribution in [0.25, 0.3) is 0 Å². The molecule has 0 N–H and O–H groups in total. The number of benzene rings is 2. The summed E-state index contributed by atoms with van der Waals surface area (Å²) in [5.41, 5.74) is 1.06. The Hall–Kier alpha value is -2.61. The first kappa shape index (κ1) is 22.7. The number of ether oxygens (including phenoxy) is 1. The summed E-state index contributed by atoms with van der Waals surface area (Å²) in [4.78, 5) is 14.6. The van der Waals surface area contributed by atoms with Crippen molar-refractivity contribution in [2.75, 3.05) is 19.4 Å². The van der Waals surface area contributed by atoms with E-state index in [0.29, 0.717) is 17.7 Å². The molecule has 0 saturated heterocycles. The molecular formula is C21H26FNO5S. The lowest BCUT2D eigenvalue weighted by atomic mass is 10.1. The molecule has 0 spiro atoms. The van der Waals surface area contributed by atoms with E-state index in [-0.39, 0.29) is 35.6 Å². The van der Waals surface area contributed by atoms with Crippen LogP contribution in [0.1, 0.15) is 36.7 Å². The third-order valence-electron chi connectivity index (χ3n) is 4.14. The summed E-state index contributed by atoms with van der Waals surface area (Å²) in [6.07, 6.45) is 0. The van der Waals surface area contributed by atoms with Crippen LogP contribution < -0.4 is 8.92 Å². The Kier molecular flexibility index (Phi) is 7.61. The van der Waals surface area contributed by atoms with E-state index in [2.05, 4.69) is 0 Å². The highest BCUT2D eigenvalue weighted by molar-refractivity contribution is 7.87. The Labute approximate surface area is 171 Å². The van der Waals surface area contributed by atoms with Gasteiger partial charge in [-0.3, -0.25) is 4.79 Å². The first-order valence-corrected chi connectivity index (χ1v) is 10.9. The van der Waals surface area contributed by atoms with Crippen molar-refractivity contribution in [1.82, 2.24) is 4.90 Å². The van der Waals surface area contributed by atoms with Gasteiger partial charge in [0.05, 0.1) is 12.9 Å². The molecule has 2 rings (SSSR count). The smallest absolute Gasteiger partial charge is 0.309 e. The second kappa shape index (κ2) is 9.73. The highest BCUT2D eigenvalue weighted by atomic mass is 32.2. The standard InChI is InChI=1S/C21H26FNO5S/c1-5-29(25,26)28-20-12-16(6-11-19(20)27-4)14-23(13-15(2)3)21(24)17-7-9-18(22)10-8-17/h6-12,15H,5,13-14H2,1-4H3. The van der Waals surface area contributed by atoms with Crippen LogP contribution in [0.4, 0.5) is 4.39 Å². The summed E-state index contributed by atoms with van der Waals surface area (Å²) in [7, 11) is -2.31. The lowest BCUT2D eigenvalue weighted by Gasteiger charge is -2.25. The number of hydrogen-bond donors (Lipinski definition) is 0. The molecule has 0 radical (unpaired) electrons. The predicted octanol–water partition coefficient (Wildman–Crippen LogP) is 3.86. The predicted molar refractivity (Wildman–Crippen MR) is 109 cm³/mol. The highest BCUT2D eigenvalue weighted by Crippen LogP contribution is 2.30. The van der Waals surface area contributed by atoms with Crippen LogP contribution >= 0.6 is 0 Å². The molecule has 0 heterocycles. The molecule has 2 aromatic rings. The van der Waals surface area contributed by atoms with Crippen molar-refractivity contribution in [1.29, 1.82) is 0 Å². The van der Waals surface area contributed by atoms with Crippen LogP contribution in [0.5, 0.6) is 11.5 Å². The Bertz CT molecular complexity index is 942. The first-order chi connectivity index (χ1) is 13.6. The second-order valence-corrected chi connectivity index (χ2v) is 8.86. The largest absolute Gasteiger partial charge is 0.493 e. The van der Waals surface area contributed by atoms with E-state index in [1.54, 1.807) is 23.1 Å². The molecule has 0 aliphatic carbocycles. The van der Waals surface area contributed by atoms with E-state index in [1.165, 1.54) is 38.3 Å². The Morgan fingerprint density at radius 1 is 1.10 bits per heavy atom. The lowest BCUT2D eigenvalue weighted by molar-refractivity contribution is 0.0722. The zero-order chi connectivity index (χ0) is 21.6. The maximum absolute atomic E-state index is 13.2. The van der Waals surface area contributed by atoms with Crippen LogP contribution in [0.3, 0.4) is 0 Å². The van der Waals surface area contributed by atoms with Gasteiger partial charge in [0.2, 0.25) is 0 Å². The second-order valence-electron chi connectivity index (χ2n) is 7.00. The van der Waals surface area contributed by atoms with Gasteiger partial charge < -0.3 is 13.8 Å². The molecule has 8 heteroatoms. The van der Waals surface area contributed by atoms with E-state index in [4.69, 9.17) is 8.92 Å². The minimum atomic E-state index is -3.73. The van der Waals surface area contributed by atoms with Crippen LogP contribution in [-0.4, -0.2) is 38.6 Å². The zero-order valence-corrected chi connectivity index (χ0v) is 17.8. The molecule has 0 unspecified atom stereocenters. The minimum Gasteiger partial charge on any atom is -0.493 e. The van der Waals surface area contributed by atoms with Crippen molar-refractivity contribution in [3.05, 3.63) is 59.4 Å². The van der Waals surface area contributed by atoms with Crippen molar-refractivity contribution in [2.24, 2.45) is 5.92 Å². The molecule has 0 aromatic heterocycles. The molecule has 0 aliphatic rings. The SMILES string of the molecule is CCS(=O)(=O)Oc1cc(CN(CC(C)C)C(=O)c2ccc(F)cc2)ccc1OC. The maximum atomic E-state index is 13.2. The molecule has 1 amide bonds. The fraction of sp³-hybridized carbons (Fsp3) is 0.381. The van der Waals surface area contributed by atoms with Crippen LogP contribution in [-0.2, 0) is 16.7 Å². The quantitative estimate of drug-likeness (QED) is 0.573. The number of methoxy groups -OCH3 is 1. The Balaban J connectivity index is 2.32. The number of halogens is 1. The number of nitrogens with zero attached hydrogens (tertiary/aromatic N) is 1. The third-order valence-corrected chi connectivity index (χ3v) is 5.28. The van der Waals surface area contributed by atoms with Crippen LogP contribution in [0.15, 0.2) is 42.5 Å². The summed E-state index contributed by atoms with van der Waals surface area (Å²) in [6, 6.07) is 10.3. The summed E-state index contributed by atoms with van der Waals surface area (Å²) in [5, 5.41) is 0. The normalized spacial score (nSPS) is 11.4. The molecule has 29 heavy (non-hydrogen) atoms. The summed E-state index contributed by atoms with van der Waals surface area (Å²) >= 11 is 0. The third kappa shape index (κ3) is 6.45. The summed E-state index contributed by atoms with van der Waals surface area (Å²) < 4.78 is 47.2. The van der Waals surface area contributed by atoms with E-state index in [1.807, 2.05) is 13.8 Å². The van der Waals surface area contributed by atoms with Crippen molar-refractivity contribution >= 4 is 16.0 Å². The molecular weight excluding hydrogens is 397 g/mol. The number of carbonyl (C=O) groups is 1. The Morgan fingerprint density at radius 3 is 2.31 bits per heavy atom. The average Bonchev–Trinajstić information content (AvgIpc) is 2.67. The topological polar surface area (TPSA) is 72.9 Å². The van der Waals surface area contributed by atoms with Crippen molar-refractivity contribution in [3.8, 4) is 11.5 Å². The molecule has 6 nitrogen and oxygen atoms in total. The number of hydrogen-bond acceptors (Lipinski definition) is 5. The summed E-state index contributed by atoms with van der Waals surface area (Å²) in [5.74, 6) is -0.266. The molecule has 2 aromatic carbocycles. The minimum absolute atomic E-state index is 0.0746. The van der Waals surface area contributed by atoms with Gasteiger partial charge in [-0.2, -0.15) is 8.42 Å². The fourth-order valence-corrected chi connectivity index (χ4v) is 3.26. The van der Waals surface area contributed by atoms with Crippen LogP contribution in [0.2, 0.25) is 0 Å².